The van der Waals surface area contributed by atoms with Crippen molar-refractivity contribution in [3.05, 3.63) is 35.6 Å². The highest BCUT2D eigenvalue weighted by Gasteiger charge is 2.44. The topological polar surface area (TPSA) is 32.3 Å². The molecule has 1 aromatic rings. The Balaban J connectivity index is 1.80. The second-order valence-corrected chi connectivity index (χ2v) is 7.45. The largest absolute Gasteiger partial charge is 0.342 e. The maximum Gasteiger partial charge on any atom is 0.233 e. The summed E-state index contributed by atoms with van der Waals surface area (Å²) in [4.78, 5) is 15.5. The van der Waals surface area contributed by atoms with Gasteiger partial charge in [0.05, 0.1) is 5.41 Å². The van der Waals surface area contributed by atoms with Crippen molar-refractivity contribution in [3.8, 4) is 0 Å². The van der Waals surface area contributed by atoms with Gasteiger partial charge in [0.2, 0.25) is 5.91 Å². The lowest BCUT2D eigenvalue weighted by Crippen LogP contribution is -2.51. The van der Waals surface area contributed by atoms with Gasteiger partial charge in [0, 0.05) is 13.1 Å². The van der Waals surface area contributed by atoms with Gasteiger partial charge in [-0.25, -0.2) is 4.39 Å². The molecule has 132 valence electrons. The van der Waals surface area contributed by atoms with Crippen molar-refractivity contribution in [3.63, 3.8) is 0 Å². The van der Waals surface area contributed by atoms with Gasteiger partial charge in [-0.1, -0.05) is 31.4 Å². The van der Waals surface area contributed by atoms with Crippen molar-refractivity contribution >= 4 is 5.91 Å². The van der Waals surface area contributed by atoms with E-state index in [0.717, 1.165) is 63.7 Å². The van der Waals surface area contributed by atoms with Crippen molar-refractivity contribution in [1.29, 1.82) is 0 Å². The molecule has 0 bridgehead atoms. The lowest BCUT2D eigenvalue weighted by Gasteiger charge is -2.42. The van der Waals surface area contributed by atoms with Gasteiger partial charge in [0.1, 0.15) is 5.82 Å². The molecular formula is C20H29FN2O. The Bertz CT molecular complexity index is 561. The number of nitrogens with zero attached hydrogens (tertiary/aromatic N) is 1. The first-order chi connectivity index (χ1) is 11.7. The predicted octanol–water partition coefficient (Wildman–Crippen LogP) is 3.49. The molecule has 1 aliphatic heterocycles. The fourth-order valence-corrected chi connectivity index (χ4v) is 4.50. The van der Waals surface area contributed by atoms with Crippen LogP contribution >= 0.6 is 0 Å². The number of hydrogen-bond acceptors (Lipinski definition) is 2. The molecule has 1 aliphatic carbocycles. The SMILES string of the molecule is CNCC1CCN(C(=O)C2(c3cccc(F)c3)CCCCC2)CC1. The monoisotopic (exact) mass is 332 g/mol. The van der Waals surface area contributed by atoms with E-state index in [9.17, 15) is 9.18 Å². The Kier molecular flexibility index (Phi) is 5.54. The van der Waals surface area contributed by atoms with E-state index < -0.39 is 5.41 Å². The highest BCUT2D eigenvalue weighted by molar-refractivity contribution is 5.88. The van der Waals surface area contributed by atoms with Crippen LogP contribution in [0.5, 0.6) is 0 Å². The Labute approximate surface area is 144 Å². The van der Waals surface area contributed by atoms with Crippen LogP contribution in [-0.4, -0.2) is 37.5 Å². The number of benzene rings is 1. The number of piperidine rings is 1. The third kappa shape index (κ3) is 3.49. The first-order valence-corrected chi connectivity index (χ1v) is 9.36. The first-order valence-electron chi connectivity index (χ1n) is 9.36. The standard InChI is InChI=1S/C20H29FN2O/c1-22-15-16-8-12-23(13-9-16)19(24)20(10-3-2-4-11-20)17-6-5-7-18(21)14-17/h5-7,14,16,22H,2-4,8-13,15H2,1H3. The van der Waals surface area contributed by atoms with E-state index in [2.05, 4.69) is 5.32 Å². The number of halogens is 1. The molecule has 1 saturated carbocycles. The van der Waals surface area contributed by atoms with E-state index in [1.54, 1.807) is 12.1 Å². The molecule has 2 fully saturated rings. The molecule has 3 rings (SSSR count). The van der Waals surface area contributed by atoms with Crippen LogP contribution in [0.3, 0.4) is 0 Å². The highest BCUT2D eigenvalue weighted by atomic mass is 19.1. The molecule has 4 heteroatoms. The normalized spacial score (nSPS) is 21.7. The van der Waals surface area contributed by atoms with Gasteiger partial charge in [-0.15, -0.1) is 0 Å². The summed E-state index contributed by atoms with van der Waals surface area (Å²) in [5.74, 6) is 0.657. The van der Waals surface area contributed by atoms with Gasteiger partial charge in [-0.05, 0) is 62.9 Å². The minimum atomic E-state index is -0.504. The zero-order valence-corrected chi connectivity index (χ0v) is 14.7. The molecular weight excluding hydrogens is 303 g/mol. The fourth-order valence-electron chi connectivity index (χ4n) is 4.50. The number of carbonyl (C=O) groups is 1. The van der Waals surface area contributed by atoms with Crippen LogP contribution < -0.4 is 5.32 Å². The van der Waals surface area contributed by atoms with Crippen molar-refractivity contribution in [2.24, 2.45) is 5.92 Å². The molecule has 1 heterocycles. The van der Waals surface area contributed by atoms with Crippen molar-refractivity contribution in [2.75, 3.05) is 26.7 Å². The van der Waals surface area contributed by atoms with Crippen molar-refractivity contribution in [1.82, 2.24) is 10.2 Å². The Morgan fingerprint density at radius 1 is 1.25 bits per heavy atom. The van der Waals surface area contributed by atoms with Crippen molar-refractivity contribution < 1.29 is 9.18 Å². The van der Waals surface area contributed by atoms with Gasteiger partial charge in [-0.2, -0.15) is 0 Å². The third-order valence-electron chi connectivity index (χ3n) is 5.89. The second-order valence-electron chi connectivity index (χ2n) is 7.45. The number of nitrogens with one attached hydrogen (secondary N) is 1. The summed E-state index contributed by atoms with van der Waals surface area (Å²) >= 11 is 0. The number of carbonyl (C=O) groups excluding carboxylic acids is 1. The predicted molar refractivity (Wildman–Crippen MR) is 94.4 cm³/mol. The molecule has 0 unspecified atom stereocenters. The number of hydrogen-bond donors (Lipinski definition) is 1. The summed E-state index contributed by atoms with van der Waals surface area (Å²) < 4.78 is 13.8. The Morgan fingerprint density at radius 3 is 2.58 bits per heavy atom. The molecule has 1 aromatic carbocycles. The second kappa shape index (κ2) is 7.64. The summed E-state index contributed by atoms with van der Waals surface area (Å²) in [7, 11) is 1.98. The summed E-state index contributed by atoms with van der Waals surface area (Å²) in [6.07, 6.45) is 7.11. The van der Waals surface area contributed by atoms with E-state index in [-0.39, 0.29) is 11.7 Å². The van der Waals surface area contributed by atoms with Gasteiger partial charge >= 0.3 is 0 Å². The van der Waals surface area contributed by atoms with Crippen LogP contribution in [0.15, 0.2) is 24.3 Å². The first kappa shape index (κ1) is 17.4. The van der Waals surface area contributed by atoms with Gasteiger partial charge in [-0.3, -0.25) is 4.79 Å². The maximum atomic E-state index is 13.8. The molecule has 2 aliphatic rings. The summed E-state index contributed by atoms with van der Waals surface area (Å²) in [6.45, 7) is 2.70. The molecule has 3 nitrogen and oxygen atoms in total. The van der Waals surface area contributed by atoms with E-state index >= 15 is 0 Å². The quantitative estimate of drug-likeness (QED) is 0.915. The number of rotatable bonds is 4. The third-order valence-corrected chi connectivity index (χ3v) is 5.89. The summed E-state index contributed by atoms with van der Waals surface area (Å²) in [5.41, 5.74) is 0.375. The molecule has 1 saturated heterocycles. The number of likely N-dealkylation sites (tertiary alicyclic amines) is 1. The number of amides is 1. The van der Waals surface area contributed by atoms with E-state index in [0.29, 0.717) is 5.92 Å². The van der Waals surface area contributed by atoms with E-state index in [1.165, 1.54) is 12.5 Å². The molecule has 1 amide bonds. The zero-order valence-electron chi connectivity index (χ0n) is 14.7. The summed E-state index contributed by atoms with van der Waals surface area (Å²) in [6, 6.07) is 6.73. The fraction of sp³-hybridized carbons (Fsp3) is 0.650. The Morgan fingerprint density at radius 2 is 1.96 bits per heavy atom. The lowest BCUT2D eigenvalue weighted by molar-refractivity contribution is -0.140. The van der Waals surface area contributed by atoms with Gasteiger partial charge < -0.3 is 10.2 Å². The van der Waals surface area contributed by atoms with E-state index in [4.69, 9.17) is 0 Å². The van der Waals surface area contributed by atoms with Crippen LogP contribution in [0.1, 0.15) is 50.5 Å². The van der Waals surface area contributed by atoms with Crippen LogP contribution in [0.4, 0.5) is 4.39 Å². The van der Waals surface area contributed by atoms with Crippen molar-refractivity contribution in [2.45, 2.75) is 50.4 Å². The molecule has 0 atom stereocenters. The lowest BCUT2D eigenvalue weighted by atomic mass is 9.68. The van der Waals surface area contributed by atoms with Crippen LogP contribution in [-0.2, 0) is 10.2 Å². The summed E-state index contributed by atoms with van der Waals surface area (Å²) in [5, 5.41) is 3.24. The van der Waals surface area contributed by atoms with Crippen LogP contribution in [0.25, 0.3) is 0 Å². The van der Waals surface area contributed by atoms with Crippen LogP contribution in [0, 0.1) is 11.7 Å². The molecule has 0 aromatic heterocycles. The molecule has 1 N–H and O–H groups in total. The Hall–Kier alpha value is -1.42. The van der Waals surface area contributed by atoms with Gasteiger partial charge in [0.15, 0.2) is 0 Å². The maximum absolute atomic E-state index is 13.8. The molecule has 0 radical (unpaired) electrons. The average molecular weight is 332 g/mol. The minimum absolute atomic E-state index is 0.232. The van der Waals surface area contributed by atoms with E-state index in [1.807, 2.05) is 18.0 Å². The smallest absolute Gasteiger partial charge is 0.233 e. The highest BCUT2D eigenvalue weighted by Crippen LogP contribution is 2.41. The van der Waals surface area contributed by atoms with Crippen LogP contribution in [0.2, 0.25) is 0 Å². The zero-order chi connectivity index (χ0) is 17.0. The average Bonchev–Trinajstić information content (AvgIpc) is 2.63. The molecule has 0 spiro atoms. The minimum Gasteiger partial charge on any atom is -0.342 e. The molecule has 24 heavy (non-hydrogen) atoms. The van der Waals surface area contributed by atoms with Gasteiger partial charge in [0.25, 0.3) is 0 Å².